The first-order valence-electron chi connectivity index (χ1n) is 6.04. The summed E-state index contributed by atoms with van der Waals surface area (Å²) in [5, 5.41) is 8.03. The van der Waals surface area contributed by atoms with Crippen LogP contribution in [0.5, 0.6) is 0 Å². The number of morpholine rings is 1. The number of nitrogens with two attached hydrogens (primary N) is 1. The zero-order chi connectivity index (χ0) is 12.3. The fourth-order valence-corrected chi connectivity index (χ4v) is 2.07. The predicted octanol–water partition coefficient (Wildman–Crippen LogP) is -0.152. The molecule has 2 rings (SSSR count). The molecule has 0 atom stereocenters. The molecule has 2 heterocycles. The third-order valence-electron chi connectivity index (χ3n) is 3.21. The van der Waals surface area contributed by atoms with Gasteiger partial charge in [-0.3, -0.25) is 9.58 Å². The van der Waals surface area contributed by atoms with Gasteiger partial charge in [-0.1, -0.05) is 5.21 Å². The zero-order valence-electron chi connectivity index (χ0n) is 10.6. The number of hydrogen-bond acceptors (Lipinski definition) is 5. The molecule has 1 saturated heterocycles. The molecule has 1 aliphatic heterocycles. The normalized spacial score (nSPS) is 20.6. The van der Waals surface area contributed by atoms with Gasteiger partial charge in [-0.05, 0) is 13.8 Å². The van der Waals surface area contributed by atoms with E-state index in [0.717, 1.165) is 38.5 Å². The van der Waals surface area contributed by atoms with Gasteiger partial charge >= 0.3 is 0 Å². The van der Waals surface area contributed by atoms with Crippen LogP contribution in [0.15, 0.2) is 6.20 Å². The minimum atomic E-state index is 0.107. The molecule has 0 bridgehead atoms. The third-order valence-corrected chi connectivity index (χ3v) is 3.21. The van der Waals surface area contributed by atoms with Gasteiger partial charge < -0.3 is 10.5 Å². The molecule has 17 heavy (non-hydrogen) atoms. The topological polar surface area (TPSA) is 69.2 Å². The largest absolute Gasteiger partial charge is 0.378 e. The van der Waals surface area contributed by atoms with Gasteiger partial charge in [0.2, 0.25) is 0 Å². The molecule has 0 amide bonds. The van der Waals surface area contributed by atoms with E-state index < -0.39 is 0 Å². The molecule has 1 aliphatic rings. The Morgan fingerprint density at radius 1 is 1.47 bits per heavy atom. The average Bonchev–Trinajstić information content (AvgIpc) is 2.75. The Hall–Kier alpha value is -0.980. The van der Waals surface area contributed by atoms with E-state index in [0.29, 0.717) is 6.54 Å². The van der Waals surface area contributed by atoms with Gasteiger partial charge in [0.25, 0.3) is 0 Å². The smallest absolute Gasteiger partial charge is 0.0962 e. The third kappa shape index (κ3) is 3.02. The minimum Gasteiger partial charge on any atom is -0.378 e. The fourth-order valence-electron chi connectivity index (χ4n) is 2.07. The lowest BCUT2D eigenvalue weighted by atomic mass is 10.0. The van der Waals surface area contributed by atoms with Crippen molar-refractivity contribution in [3.8, 4) is 0 Å². The van der Waals surface area contributed by atoms with Crippen LogP contribution in [0.25, 0.3) is 0 Å². The molecule has 0 aliphatic carbocycles. The monoisotopic (exact) mass is 239 g/mol. The van der Waals surface area contributed by atoms with E-state index in [-0.39, 0.29) is 5.54 Å². The maximum absolute atomic E-state index is 5.50. The molecule has 0 saturated carbocycles. The first kappa shape index (κ1) is 12.5. The lowest BCUT2D eigenvalue weighted by molar-refractivity contribution is -0.0524. The van der Waals surface area contributed by atoms with Crippen molar-refractivity contribution in [2.24, 2.45) is 5.73 Å². The van der Waals surface area contributed by atoms with E-state index >= 15 is 0 Å². The number of rotatable bonds is 4. The molecule has 6 heteroatoms. The lowest BCUT2D eigenvalue weighted by Crippen LogP contribution is -2.53. The van der Waals surface area contributed by atoms with Crippen molar-refractivity contribution in [2.45, 2.75) is 32.5 Å². The van der Waals surface area contributed by atoms with Crippen LogP contribution in [0.1, 0.15) is 19.5 Å². The van der Waals surface area contributed by atoms with Crippen molar-refractivity contribution >= 4 is 0 Å². The van der Waals surface area contributed by atoms with Gasteiger partial charge in [-0.15, -0.1) is 5.10 Å². The second-order valence-electron chi connectivity index (χ2n) is 5.03. The number of hydrogen-bond donors (Lipinski definition) is 1. The summed E-state index contributed by atoms with van der Waals surface area (Å²) in [7, 11) is 0. The molecule has 2 N–H and O–H groups in total. The second-order valence-corrected chi connectivity index (χ2v) is 5.03. The Morgan fingerprint density at radius 3 is 2.94 bits per heavy atom. The highest BCUT2D eigenvalue weighted by atomic mass is 16.5. The maximum Gasteiger partial charge on any atom is 0.0962 e. The van der Waals surface area contributed by atoms with Crippen LogP contribution in [0, 0.1) is 0 Å². The highest BCUT2D eigenvalue weighted by Crippen LogP contribution is 2.18. The number of aromatic nitrogens is 3. The average molecular weight is 239 g/mol. The molecule has 96 valence electrons. The van der Waals surface area contributed by atoms with Crippen molar-refractivity contribution in [3.63, 3.8) is 0 Å². The van der Waals surface area contributed by atoms with Gasteiger partial charge in [0.1, 0.15) is 0 Å². The summed E-state index contributed by atoms with van der Waals surface area (Å²) < 4.78 is 7.35. The fraction of sp³-hybridized carbons (Fsp3) is 0.818. The Morgan fingerprint density at radius 2 is 2.29 bits per heavy atom. The first-order chi connectivity index (χ1) is 8.12. The quantitative estimate of drug-likeness (QED) is 0.791. The van der Waals surface area contributed by atoms with E-state index in [4.69, 9.17) is 10.5 Å². The lowest BCUT2D eigenvalue weighted by Gasteiger charge is -2.42. The van der Waals surface area contributed by atoms with Crippen LogP contribution >= 0.6 is 0 Å². The van der Waals surface area contributed by atoms with Crippen LogP contribution in [0.4, 0.5) is 0 Å². The van der Waals surface area contributed by atoms with E-state index in [1.807, 2.05) is 10.9 Å². The SMILES string of the molecule is CC1(C)COCCN1CCn1cc(CN)nn1. The summed E-state index contributed by atoms with van der Waals surface area (Å²) in [6, 6.07) is 0. The number of ether oxygens (including phenoxy) is 1. The van der Waals surface area contributed by atoms with Gasteiger partial charge in [0.15, 0.2) is 0 Å². The van der Waals surface area contributed by atoms with Crippen LogP contribution in [0.2, 0.25) is 0 Å². The van der Waals surface area contributed by atoms with Crippen molar-refractivity contribution in [1.82, 2.24) is 19.9 Å². The summed E-state index contributed by atoms with van der Waals surface area (Å²) >= 11 is 0. The van der Waals surface area contributed by atoms with E-state index in [9.17, 15) is 0 Å². The van der Waals surface area contributed by atoms with Crippen LogP contribution in [-0.2, 0) is 17.8 Å². The molecule has 0 aromatic carbocycles. The van der Waals surface area contributed by atoms with E-state index in [1.54, 1.807) is 0 Å². The Bertz CT molecular complexity index is 362. The Kier molecular flexibility index (Phi) is 3.76. The summed E-state index contributed by atoms with van der Waals surface area (Å²) in [4.78, 5) is 2.43. The van der Waals surface area contributed by atoms with Crippen molar-refractivity contribution in [3.05, 3.63) is 11.9 Å². The van der Waals surface area contributed by atoms with Crippen LogP contribution in [-0.4, -0.2) is 51.7 Å². The van der Waals surface area contributed by atoms with E-state index in [2.05, 4.69) is 29.1 Å². The highest BCUT2D eigenvalue weighted by Gasteiger charge is 2.29. The van der Waals surface area contributed by atoms with Gasteiger partial charge in [0, 0.05) is 31.4 Å². The maximum atomic E-state index is 5.50. The predicted molar refractivity (Wildman–Crippen MR) is 64.4 cm³/mol. The molecular formula is C11H21N5O. The standard InChI is InChI=1S/C11H21N5O/c1-11(2)9-17-6-5-15(11)3-4-16-8-10(7-12)13-14-16/h8H,3-7,9,12H2,1-2H3. The summed E-state index contributed by atoms with van der Waals surface area (Å²) in [5.74, 6) is 0. The Balaban J connectivity index is 1.88. The van der Waals surface area contributed by atoms with Crippen LogP contribution in [0.3, 0.4) is 0 Å². The van der Waals surface area contributed by atoms with Crippen molar-refractivity contribution in [1.29, 1.82) is 0 Å². The number of nitrogens with zero attached hydrogens (tertiary/aromatic N) is 4. The molecule has 1 aromatic heterocycles. The summed E-state index contributed by atoms with van der Waals surface area (Å²) in [5.41, 5.74) is 6.45. The molecule has 1 fully saturated rings. The molecule has 0 radical (unpaired) electrons. The molecule has 0 spiro atoms. The van der Waals surface area contributed by atoms with Gasteiger partial charge in [-0.25, -0.2) is 0 Å². The minimum absolute atomic E-state index is 0.107. The summed E-state index contributed by atoms with van der Waals surface area (Å²) in [6.45, 7) is 9.25. The molecular weight excluding hydrogens is 218 g/mol. The summed E-state index contributed by atoms with van der Waals surface area (Å²) in [6.07, 6.45) is 1.91. The van der Waals surface area contributed by atoms with Gasteiger partial charge in [0.05, 0.1) is 25.5 Å². The van der Waals surface area contributed by atoms with Crippen LogP contribution < -0.4 is 5.73 Å². The van der Waals surface area contributed by atoms with Crippen molar-refractivity contribution < 1.29 is 4.74 Å². The second kappa shape index (κ2) is 5.12. The van der Waals surface area contributed by atoms with Crippen molar-refractivity contribution in [2.75, 3.05) is 26.3 Å². The van der Waals surface area contributed by atoms with Gasteiger partial charge in [-0.2, -0.15) is 0 Å². The molecule has 1 aromatic rings. The molecule has 0 unspecified atom stereocenters. The first-order valence-corrected chi connectivity index (χ1v) is 6.04. The Labute approximate surface area is 102 Å². The molecule has 6 nitrogen and oxygen atoms in total. The zero-order valence-corrected chi connectivity index (χ0v) is 10.6. The van der Waals surface area contributed by atoms with E-state index in [1.165, 1.54) is 0 Å². The highest BCUT2D eigenvalue weighted by molar-refractivity contribution is 4.91.